The number of fused-ring (bicyclic) bond motifs is 2. The number of carbonyl (C=O) groups is 1. The lowest BCUT2D eigenvalue weighted by molar-refractivity contribution is -0.159. The lowest BCUT2D eigenvalue weighted by Gasteiger charge is -2.45. The van der Waals surface area contributed by atoms with Crippen LogP contribution in [0.25, 0.3) is 0 Å². The fraction of sp³-hybridized carbons (Fsp3) is 0.348. The number of esters is 1. The van der Waals surface area contributed by atoms with Crippen molar-refractivity contribution in [1.29, 1.82) is 0 Å². The van der Waals surface area contributed by atoms with Crippen molar-refractivity contribution in [3.8, 4) is 11.5 Å². The second-order valence-electron chi connectivity index (χ2n) is 7.33. The Kier molecular flexibility index (Phi) is 4.31. The molecule has 0 amide bonds. The molecule has 1 saturated carbocycles. The third-order valence-electron chi connectivity index (χ3n) is 5.58. The smallest absolute Gasteiger partial charge is 0.334 e. The van der Waals surface area contributed by atoms with Crippen LogP contribution in [0.3, 0.4) is 0 Å². The van der Waals surface area contributed by atoms with Gasteiger partial charge < -0.3 is 9.47 Å². The van der Waals surface area contributed by atoms with Crippen molar-refractivity contribution >= 4 is 5.97 Å². The van der Waals surface area contributed by atoms with Crippen LogP contribution < -0.4 is 4.74 Å². The Morgan fingerprint density at radius 2 is 1.54 bits per heavy atom. The molecule has 3 nitrogen and oxygen atoms in total. The first-order chi connectivity index (χ1) is 12.6. The summed E-state index contributed by atoms with van der Waals surface area (Å²) >= 11 is 0. The van der Waals surface area contributed by atoms with Crippen molar-refractivity contribution in [2.75, 3.05) is 0 Å². The Balaban J connectivity index is 1.96. The molecule has 0 saturated heterocycles. The van der Waals surface area contributed by atoms with Gasteiger partial charge in [-0.15, -0.1) is 0 Å². The largest absolute Gasteiger partial charge is 0.456 e. The van der Waals surface area contributed by atoms with Gasteiger partial charge >= 0.3 is 5.97 Å². The molecule has 134 valence electrons. The quantitative estimate of drug-likeness (QED) is 0.524. The van der Waals surface area contributed by atoms with Crippen LogP contribution in [0.2, 0.25) is 0 Å². The molecule has 3 heteroatoms. The molecular weight excluding hydrogens is 324 g/mol. The van der Waals surface area contributed by atoms with Gasteiger partial charge in [0.15, 0.2) is 5.60 Å². The molecule has 2 aromatic carbocycles. The number of benzene rings is 2. The summed E-state index contributed by atoms with van der Waals surface area (Å²) in [5.41, 5.74) is 1.49. The molecule has 0 unspecified atom stereocenters. The maximum absolute atomic E-state index is 12.7. The molecular formula is C23H24O3. The first-order valence-electron chi connectivity index (χ1n) is 9.38. The summed E-state index contributed by atoms with van der Waals surface area (Å²) in [4.78, 5) is 12.7. The van der Waals surface area contributed by atoms with Gasteiger partial charge in [0.05, 0.1) is 0 Å². The highest BCUT2D eigenvalue weighted by atomic mass is 16.6. The Hall–Kier alpha value is -2.55. The lowest BCUT2D eigenvalue weighted by atomic mass is 9.68. The van der Waals surface area contributed by atoms with E-state index in [1.165, 1.54) is 6.42 Å². The fourth-order valence-corrected chi connectivity index (χ4v) is 4.36. The van der Waals surface area contributed by atoms with E-state index in [1.54, 1.807) is 6.92 Å². The Labute approximate surface area is 154 Å². The average Bonchev–Trinajstić information content (AvgIpc) is 2.68. The van der Waals surface area contributed by atoms with Crippen LogP contribution >= 0.6 is 0 Å². The van der Waals surface area contributed by atoms with Gasteiger partial charge in [-0.25, -0.2) is 4.79 Å². The third-order valence-corrected chi connectivity index (χ3v) is 5.58. The van der Waals surface area contributed by atoms with E-state index >= 15 is 0 Å². The van der Waals surface area contributed by atoms with Gasteiger partial charge in [-0.2, -0.15) is 0 Å². The number of para-hydroxylation sites is 2. The predicted octanol–water partition coefficient (Wildman–Crippen LogP) is 5.74. The second kappa shape index (κ2) is 6.64. The highest BCUT2D eigenvalue weighted by Gasteiger charge is 2.51. The molecule has 2 aromatic rings. The van der Waals surface area contributed by atoms with Crippen molar-refractivity contribution < 1.29 is 14.3 Å². The van der Waals surface area contributed by atoms with Crippen LogP contribution in [-0.2, 0) is 15.1 Å². The summed E-state index contributed by atoms with van der Waals surface area (Å²) in [7, 11) is 0. The summed E-state index contributed by atoms with van der Waals surface area (Å²) in [5.74, 6) is 1.42. The summed E-state index contributed by atoms with van der Waals surface area (Å²) < 4.78 is 12.5. The van der Waals surface area contributed by atoms with Crippen LogP contribution in [-0.4, -0.2) is 5.97 Å². The van der Waals surface area contributed by atoms with E-state index in [4.69, 9.17) is 9.47 Å². The van der Waals surface area contributed by atoms with Crippen LogP contribution in [0.4, 0.5) is 0 Å². The number of ether oxygens (including phenoxy) is 2. The highest BCUT2D eigenvalue weighted by molar-refractivity contribution is 5.88. The molecule has 0 N–H and O–H groups in total. The van der Waals surface area contributed by atoms with Gasteiger partial charge in [0.25, 0.3) is 0 Å². The minimum Gasteiger partial charge on any atom is -0.456 e. The molecule has 2 aliphatic rings. The van der Waals surface area contributed by atoms with Crippen molar-refractivity contribution in [2.45, 2.75) is 44.6 Å². The molecule has 0 atom stereocenters. The second-order valence-corrected chi connectivity index (χ2v) is 7.33. The van der Waals surface area contributed by atoms with Gasteiger partial charge in [-0.3, -0.25) is 0 Å². The molecule has 26 heavy (non-hydrogen) atoms. The van der Waals surface area contributed by atoms with Gasteiger partial charge in [-0.05, 0) is 31.9 Å². The van der Waals surface area contributed by atoms with Crippen LogP contribution in [0.5, 0.6) is 11.5 Å². The van der Waals surface area contributed by atoms with Crippen LogP contribution in [0.15, 0.2) is 60.7 Å². The van der Waals surface area contributed by atoms with Crippen molar-refractivity contribution in [3.05, 3.63) is 71.8 Å². The number of hydrogen-bond donors (Lipinski definition) is 0. The first-order valence-corrected chi connectivity index (χ1v) is 9.38. The van der Waals surface area contributed by atoms with Crippen molar-refractivity contribution in [2.24, 2.45) is 5.92 Å². The maximum atomic E-state index is 12.7. The number of rotatable bonds is 3. The minimum atomic E-state index is -0.818. The maximum Gasteiger partial charge on any atom is 0.334 e. The zero-order valence-corrected chi connectivity index (χ0v) is 15.2. The van der Waals surface area contributed by atoms with E-state index in [-0.39, 0.29) is 11.9 Å². The average molecular weight is 348 g/mol. The van der Waals surface area contributed by atoms with Crippen LogP contribution in [0.1, 0.15) is 50.2 Å². The summed E-state index contributed by atoms with van der Waals surface area (Å²) in [6.45, 7) is 5.51. The Bertz CT molecular complexity index is 801. The molecule has 0 aromatic heterocycles. The molecule has 4 rings (SSSR count). The molecule has 1 aliphatic heterocycles. The monoisotopic (exact) mass is 348 g/mol. The Morgan fingerprint density at radius 3 is 2.08 bits per heavy atom. The molecule has 1 fully saturated rings. The van der Waals surface area contributed by atoms with Crippen molar-refractivity contribution in [1.82, 2.24) is 0 Å². The molecule has 1 heterocycles. The predicted molar refractivity (Wildman–Crippen MR) is 101 cm³/mol. The van der Waals surface area contributed by atoms with E-state index < -0.39 is 5.60 Å². The molecule has 0 radical (unpaired) electrons. The van der Waals surface area contributed by atoms with E-state index in [9.17, 15) is 4.79 Å². The summed E-state index contributed by atoms with van der Waals surface area (Å²) in [6, 6.07) is 15.9. The Morgan fingerprint density at radius 1 is 1.00 bits per heavy atom. The van der Waals surface area contributed by atoms with Gasteiger partial charge in [0.2, 0.25) is 0 Å². The number of hydrogen-bond acceptors (Lipinski definition) is 3. The van der Waals surface area contributed by atoms with Crippen LogP contribution in [0, 0.1) is 5.92 Å². The van der Waals surface area contributed by atoms with Gasteiger partial charge in [0, 0.05) is 22.6 Å². The minimum absolute atomic E-state index is 0.228. The van der Waals surface area contributed by atoms with Gasteiger partial charge in [-0.1, -0.05) is 62.2 Å². The normalized spacial score (nSPS) is 18.2. The standard InChI is InChI=1S/C23H24O3/c1-16(2)22(24)26-23(17-10-4-3-5-11-17)18-12-6-8-14-20(18)25-21-15-9-7-13-19(21)23/h6-9,12-15,17H,1,3-5,10-11H2,2H3. The lowest BCUT2D eigenvalue weighted by Crippen LogP contribution is -2.44. The fourth-order valence-electron chi connectivity index (χ4n) is 4.36. The zero-order valence-electron chi connectivity index (χ0n) is 15.2. The van der Waals surface area contributed by atoms with Crippen molar-refractivity contribution in [3.63, 3.8) is 0 Å². The first kappa shape index (κ1) is 16.9. The zero-order chi connectivity index (χ0) is 18.1. The SMILES string of the molecule is C=C(C)C(=O)OC1(C2CCCCC2)c2ccccc2Oc2ccccc21. The molecule has 0 bridgehead atoms. The number of carbonyl (C=O) groups excluding carboxylic acids is 1. The highest BCUT2D eigenvalue weighted by Crippen LogP contribution is 2.55. The third kappa shape index (κ3) is 2.63. The van der Waals surface area contributed by atoms with E-state index in [0.29, 0.717) is 5.57 Å². The van der Waals surface area contributed by atoms with E-state index in [0.717, 1.165) is 48.3 Å². The summed E-state index contributed by atoms with van der Waals surface area (Å²) in [5, 5.41) is 0. The van der Waals surface area contributed by atoms with Gasteiger partial charge in [0.1, 0.15) is 11.5 Å². The summed E-state index contributed by atoms with van der Waals surface area (Å²) in [6.07, 6.45) is 5.61. The van der Waals surface area contributed by atoms with E-state index in [2.05, 4.69) is 6.58 Å². The molecule has 0 spiro atoms. The molecule has 1 aliphatic carbocycles. The topological polar surface area (TPSA) is 35.5 Å². The van der Waals surface area contributed by atoms with E-state index in [1.807, 2.05) is 48.5 Å².